The number of aromatic nitrogens is 2. The first-order chi connectivity index (χ1) is 13.8. The van der Waals surface area contributed by atoms with E-state index in [4.69, 9.17) is 12.2 Å². The molecule has 0 fully saturated rings. The topological polar surface area (TPSA) is 37.8 Å². The van der Waals surface area contributed by atoms with E-state index in [1.54, 1.807) is 16.8 Å². The molecule has 0 radical (unpaired) electrons. The highest BCUT2D eigenvalue weighted by Gasteiger charge is 2.36. The quantitative estimate of drug-likeness (QED) is 0.296. The number of benzene rings is 1. The van der Waals surface area contributed by atoms with Crippen molar-refractivity contribution in [3.05, 3.63) is 63.3 Å². The number of nitrogens with zero attached hydrogens (tertiary/aromatic N) is 1. The molecule has 0 bridgehead atoms. The van der Waals surface area contributed by atoms with Gasteiger partial charge in [0, 0.05) is 17.5 Å². The smallest absolute Gasteiger partial charge is 0.301 e. The summed E-state index contributed by atoms with van der Waals surface area (Å²) in [6, 6.07) is 12.8. The molecule has 0 amide bonds. The summed E-state index contributed by atoms with van der Waals surface area (Å²) in [5.74, 6) is 2.44. The number of aromatic amines is 1. The van der Waals surface area contributed by atoms with E-state index >= 15 is 0 Å². The van der Waals surface area contributed by atoms with Crippen LogP contribution in [0.15, 0.2) is 47.4 Å². The molecule has 1 unspecified atom stereocenters. The van der Waals surface area contributed by atoms with Crippen molar-refractivity contribution >= 4 is 24.0 Å². The Morgan fingerprint density at radius 2 is 1.72 bits per heavy atom. The summed E-state index contributed by atoms with van der Waals surface area (Å²) in [4.78, 5) is 14.5. The fourth-order valence-corrected chi connectivity index (χ4v) is 5.88. The van der Waals surface area contributed by atoms with Crippen molar-refractivity contribution in [3.8, 4) is 0 Å². The van der Waals surface area contributed by atoms with Gasteiger partial charge in [0.25, 0.3) is 0 Å². The van der Waals surface area contributed by atoms with E-state index < -0.39 is 0 Å². The summed E-state index contributed by atoms with van der Waals surface area (Å²) >= 11 is 7.13. The number of nitrogens with one attached hydrogen (secondary N) is 1. The summed E-state index contributed by atoms with van der Waals surface area (Å²) in [6.07, 6.45) is 7.59. The minimum Gasteiger partial charge on any atom is -0.301 e. The standard InChI is InChI=1S/C24H36N2OS2/c1-19(2)18-24(20(3)4,21-12-8-7-9-13-21)29-17-11-6-5-10-15-26-16-14-22(28)25-23(26)27/h7-9,12-14,16,19-20H,5-6,10-11,15,17-18H2,1-4H3,(H,25,27,28). The van der Waals surface area contributed by atoms with Crippen LogP contribution in [0.5, 0.6) is 0 Å². The lowest BCUT2D eigenvalue weighted by Gasteiger charge is -2.39. The molecular weight excluding hydrogens is 396 g/mol. The van der Waals surface area contributed by atoms with Crippen molar-refractivity contribution in [3.63, 3.8) is 0 Å². The summed E-state index contributed by atoms with van der Waals surface area (Å²) < 4.78 is 2.40. The monoisotopic (exact) mass is 432 g/mol. The molecule has 5 heteroatoms. The van der Waals surface area contributed by atoms with Crippen LogP contribution in [0.25, 0.3) is 0 Å². The van der Waals surface area contributed by atoms with Crippen LogP contribution < -0.4 is 5.69 Å². The van der Waals surface area contributed by atoms with Crippen LogP contribution >= 0.6 is 24.0 Å². The fraction of sp³-hybridized carbons (Fsp3) is 0.583. The molecule has 1 aromatic carbocycles. The van der Waals surface area contributed by atoms with Crippen molar-refractivity contribution in [1.29, 1.82) is 0 Å². The molecule has 1 aromatic heterocycles. The van der Waals surface area contributed by atoms with Gasteiger partial charge in [-0.2, -0.15) is 11.8 Å². The maximum Gasteiger partial charge on any atom is 0.326 e. The Morgan fingerprint density at radius 3 is 2.34 bits per heavy atom. The summed E-state index contributed by atoms with van der Waals surface area (Å²) in [7, 11) is 0. The van der Waals surface area contributed by atoms with Gasteiger partial charge in [0.2, 0.25) is 0 Å². The summed E-state index contributed by atoms with van der Waals surface area (Å²) in [6.45, 7) is 10.2. The Bertz CT molecular complexity index is 842. The predicted molar refractivity (Wildman–Crippen MR) is 129 cm³/mol. The molecule has 1 atom stereocenters. The first kappa shape index (κ1) is 23.9. The number of rotatable bonds is 12. The van der Waals surface area contributed by atoms with Gasteiger partial charge in [-0.15, -0.1) is 0 Å². The number of thioether (sulfide) groups is 1. The number of hydrogen-bond donors (Lipinski definition) is 1. The van der Waals surface area contributed by atoms with E-state index in [0.717, 1.165) is 19.4 Å². The molecule has 0 saturated carbocycles. The minimum atomic E-state index is -0.105. The molecule has 0 aliphatic carbocycles. The van der Waals surface area contributed by atoms with Crippen LogP contribution in [0.4, 0.5) is 0 Å². The molecule has 160 valence electrons. The molecule has 1 N–H and O–H groups in total. The Balaban J connectivity index is 1.85. The van der Waals surface area contributed by atoms with Crippen LogP contribution in [0.1, 0.15) is 65.4 Å². The highest BCUT2D eigenvalue weighted by molar-refractivity contribution is 8.00. The van der Waals surface area contributed by atoms with Crippen molar-refractivity contribution in [2.24, 2.45) is 11.8 Å². The van der Waals surface area contributed by atoms with Gasteiger partial charge in [0.15, 0.2) is 0 Å². The third kappa shape index (κ3) is 7.14. The first-order valence-corrected chi connectivity index (χ1v) is 12.2. The van der Waals surface area contributed by atoms with Crippen LogP contribution in [-0.4, -0.2) is 15.3 Å². The van der Waals surface area contributed by atoms with Crippen molar-refractivity contribution in [1.82, 2.24) is 9.55 Å². The van der Waals surface area contributed by atoms with Gasteiger partial charge in [0.1, 0.15) is 4.64 Å². The van der Waals surface area contributed by atoms with Gasteiger partial charge in [-0.1, -0.05) is 83.1 Å². The van der Waals surface area contributed by atoms with Gasteiger partial charge in [-0.3, -0.25) is 4.98 Å². The van der Waals surface area contributed by atoms with Crippen molar-refractivity contribution < 1.29 is 0 Å². The maximum atomic E-state index is 11.8. The lowest BCUT2D eigenvalue weighted by molar-refractivity contribution is 0.367. The largest absolute Gasteiger partial charge is 0.326 e. The summed E-state index contributed by atoms with van der Waals surface area (Å²) in [5, 5.41) is 0. The summed E-state index contributed by atoms with van der Waals surface area (Å²) in [5.41, 5.74) is 1.36. The maximum absolute atomic E-state index is 11.8. The molecule has 0 saturated heterocycles. The second-order valence-corrected chi connectivity index (χ2v) is 10.4. The third-order valence-electron chi connectivity index (χ3n) is 5.46. The minimum absolute atomic E-state index is 0.105. The Labute approximate surface area is 185 Å². The lowest BCUT2D eigenvalue weighted by atomic mass is 9.81. The highest BCUT2D eigenvalue weighted by atomic mass is 32.2. The van der Waals surface area contributed by atoms with E-state index in [1.807, 2.05) is 0 Å². The van der Waals surface area contributed by atoms with Gasteiger partial charge >= 0.3 is 5.69 Å². The number of hydrogen-bond acceptors (Lipinski definition) is 3. The third-order valence-corrected chi connectivity index (χ3v) is 7.58. The first-order valence-electron chi connectivity index (χ1n) is 10.8. The van der Waals surface area contributed by atoms with Gasteiger partial charge in [-0.25, -0.2) is 4.79 Å². The zero-order chi connectivity index (χ0) is 21.3. The highest BCUT2D eigenvalue weighted by Crippen LogP contribution is 2.48. The van der Waals surface area contributed by atoms with Gasteiger partial charge in [-0.05, 0) is 48.5 Å². The number of H-pyrrole nitrogens is 1. The van der Waals surface area contributed by atoms with Crippen LogP contribution in [0, 0.1) is 16.5 Å². The van der Waals surface area contributed by atoms with E-state index in [0.29, 0.717) is 16.5 Å². The molecular formula is C24H36N2OS2. The van der Waals surface area contributed by atoms with Crippen LogP contribution in [-0.2, 0) is 11.3 Å². The van der Waals surface area contributed by atoms with E-state index in [9.17, 15) is 4.79 Å². The van der Waals surface area contributed by atoms with Crippen LogP contribution in [0.2, 0.25) is 0 Å². The molecule has 3 nitrogen and oxygen atoms in total. The zero-order valence-electron chi connectivity index (χ0n) is 18.3. The zero-order valence-corrected chi connectivity index (χ0v) is 20.0. The SMILES string of the molecule is CC(C)CC(SCCCCCCn1ccc(=S)[nH]c1=O)(c1ccccc1)C(C)C. The molecule has 0 aliphatic rings. The molecule has 29 heavy (non-hydrogen) atoms. The van der Waals surface area contributed by atoms with Crippen molar-refractivity contribution in [2.75, 3.05) is 5.75 Å². The molecule has 0 spiro atoms. The van der Waals surface area contributed by atoms with Gasteiger partial charge in [0.05, 0.1) is 0 Å². The number of unbranched alkanes of at least 4 members (excludes halogenated alkanes) is 3. The predicted octanol–water partition coefficient (Wildman–Crippen LogP) is 6.80. The second kappa shape index (κ2) is 11.8. The average Bonchev–Trinajstić information content (AvgIpc) is 2.68. The fourth-order valence-electron chi connectivity index (χ4n) is 3.93. The average molecular weight is 433 g/mol. The Kier molecular flexibility index (Phi) is 9.70. The van der Waals surface area contributed by atoms with Gasteiger partial charge < -0.3 is 4.57 Å². The number of aryl methyl sites for hydroxylation is 1. The molecule has 2 aromatic rings. The molecule has 0 aliphatic heterocycles. The Hall–Kier alpha value is -1.33. The van der Waals surface area contributed by atoms with E-state index in [2.05, 4.69) is 74.8 Å². The lowest BCUT2D eigenvalue weighted by Crippen LogP contribution is -2.31. The molecule has 2 rings (SSSR count). The normalized spacial score (nSPS) is 13.7. The van der Waals surface area contributed by atoms with Crippen molar-refractivity contribution in [2.45, 2.75) is 71.1 Å². The van der Waals surface area contributed by atoms with E-state index in [1.165, 1.54) is 30.6 Å². The van der Waals surface area contributed by atoms with Crippen LogP contribution in [0.3, 0.4) is 0 Å². The Morgan fingerprint density at radius 1 is 1.03 bits per heavy atom. The second-order valence-electron chi connectivity index (χ2n) is 8.57. The molecule has 1 heterocycles. The van der Waals surface area contributed by atoms with E-state index in [-0.39, 0.29) is 10.4 Å².